The molecule has 1 atom stereocenters. The van der Waals surface area contributed by atoms with Gasteiger partial charge < -0.3 is 15.2 Å². The molecule has 1 heterocycles. The molecule has 0 saturated carbocycles. The summed E-state index contributed by atoms with van der Waals surface area (Å²) in [5.41, 5.74) is 0.724. The minimum Gasteiger partial charge on any atom is -0.504 e. The zero-order chi connectivity index (χ0) is 11.8. The number of rotatable bonds is 2. The Labute approximate surface area is 104 Å². The van der Waals surface area contributed by atoms with Gasteiger partial charge in [0.25, 0.3) is 0 Å². The van der Waals surface area contributed by atoms with Gasteiger partial charge in [0.2, 0.25) is 0 Å². The lowest BCUT2D eigenvalue weighted by atomic mass is 9.89. The first-order valence-electron chi connectivity index (χ1n) is 5.39. The van der Waals surface area contributed by atoms with Gasteiger partial charge in [0.05, 0.1) is 7.11 Å². The van der Waals surface area contributed by atoms with Gasteiger partial charge in [-0.15, -0.1) is 0 Å². The molecule has 1 saturated heterocycles. The lowest BCUT2D eigenvalue weighted by Crippen LogP contribution is -2.33. The molecule has 4 heteroatoms. The first-order valence-corrected chi connectivity index (χ1v) is 6.19. The standard InChI is InChI=1S/C12H16BrNO2/c1-12(6-3-7-14-12)10-8(13)4-5-9(16-2)11(10)15/h4-5,14-15H,3,6-7H2,1-2H3. The monoisotopic (exact) mass is 285 g/mol. The topological polar surface area (TPSA) is 41.5 Å². The summed E-state index contributed by atoms with van der Waals surface area (Å²) in [6.45, 7) is 3.10. The molecule has 1 unspecified atom stereocenters. The second-order valence-corrected chi connectivity index (χ2v) is 5.19. The molecule has 0 amide bonds. The molecular weight excluding hydrogens is 270 g/mol. The maximum Gasteiger partial charge on any atom is 0.163 e. The fourth-order valence-corrected chi connectivity index (χ4v) is 3.10. The van der Waals surface area contributed by atoms with Crippen LogP contribution in [0.25, 0.3) is 0 Å². The van der Waals surface area contributed by atoms with Crippen molar-refractivity contribution in [1.82, 2.24) is 5.32 Å². The third-order valence-electron chi connectivity index (χ3n) is 3.23. The number of phenolic OH excluding ortho intramolecular Hbond substituents is 1. The predicted molar refractivity (Wildman–Crippen MR) is 66.9 cm³/mol. The Bertz CT molecular complexity index is 400. The fraction of sp³-hybridized carbons (Fsp3) is 0.500. The molecule has 2 rings (SSSR count). The zero-order valence-electron chi connectivity index (χ0n) is 9.51. The molecule has 3 nitrogen and oxygen atoms in total. The van der Waals surface area contributed by atoms with Crippen LogP contribution in [-0.2, 0) is 5.54 Å². The number of methoxy groups -OCH3 is 1. The van der Waals surface area contributed by atoms with Crippen molar-refractivity contribution < 1.29 is 9.84 Å². The average molecular weight is 286 g/mol. The van der Waals surface area contributed by atoms with E-state index in [0.29, 0.717) is 5.75 Å². The van der Waals surface area contributed by atoms with E-state index in [1.807, 2.05) is 6.07 Å². The summed E-state index contributed by atoms with van der Waals surface area (Å²) in [6.07, 6.45) is 2.14. The van der Waals surface area contributed by atoms with Crippen LogP contribution in [0, 0.1) is 0 Å². The molecule has 16 heavy (non-hydrogen) atoms. The minimum absolute atomic E-state index is 0.169. The van der Waals surface area contributed by atoms with E-state index in [2.05, 4.69) is 28.2 Å². The van der Waals surface area contributed by atoms with Crippen molar-refractivity contribution in [2.45, 2.75) is 25.3 Å². The van der Waals surface area contributed by atoms with Crippen molar-refractivity contribution >= 4 is 15.9 Å². The van der Waals surface area contributed by atoms with E-state index < -0.39 is 0 Å². The van der Waals surface area contributed by atoms with E-state index in [1.165, 1.54) is 0 Å². The van der Waals surface area contributed by atoms with Crippen molar-refractivity contribution in [2.24, 2.45) is 0 Å². The van der Waals surface area contributed by atoms with Gasteiger partial charge in [0.15, 0.2) is 11.5 Å². The average Bonchev–Trinajstić information content (AvgIpc) is 2.66. The molecule has 1 fully saturated rings. The van der Waals surface area contributed by atoms with Crippen molar-refractivity contribution in [3.63, 3.8) is 0 Å². The number of nitrogens with one attached hydrogen (secondary N) is 1. The molecule has 2 N–H and O–H groups in total. The van der Waals surface area contributed by atoms with Crippen LogP contribution in [0.5, 0.6) is 11.5 Å². The molecule has 0 aliphatic carbocycles. The SMILES string of the molecule is COc1ccc(Br)c(C2(C)CCCN2)c1O. The third-order valence-corrected chi connectivity index (χ3v) is 3.89. The first kappa shape index (κ1) is 11.7. The van der Waals surface area contributed by atoms with Crippen molar-refractivity contribution in [3.05, 3.63) is 22.2 Å². The summed E-state index contributed by atoms with van der Waals surface area (Å²) in [4.78, 5) is 0. The number of aromatic hydroxyl groups is 1. The fourth-order valence-electron chi connectivity index (χ4n) is 2.35. The Hall–Kier alpha value is -0.740. The van der Waals surface area contributed by atoms with E-state index in [1.54, 1.807) is 13.2 Å². The zero-order valence-corrected chi connectivity index (χ0v) is 11.1. The summed E-state index contributed by atoms with van der Waals surface area (Å²) >= 11 is 3.50. The Kier molecular flexibility index (Phi) is 3.13. The summed E-state index contributed by atoms with van der Waals surface area (Å²) in [5, 5.41) is 13.6. The number of ether oxygens (including phenoxy) is 1. The molecule has 0 radical (unpaired) electrons. The van der Waals surface area contributed by atoms with E-state index in [4.69, 9.17) is 4.74 Å². The summed E-state index contributed by atoms with van der Waals surface area (Å²) in [5.74, 6) is 0.752. The Morgan fingerprint density at radius 3 is 2.81 bits per heavy atom. The maximum absolute atomic E-state index is 10.2. The summed E-state index contributed by atoms with van der Waals surface area (Å²) < 4.78 is 6.07. The van der Waals surface area contributed by atoms with Crippen molar-refractivity contribution in [1.29, 1.82) is 0 Å². The van der Waals surface area contributed by atoms with Gasteiger partial charge in [0.1, 0.15) is 0 Å². The van der Waals surface area contributed by atoms with Crippen molar-refractivity contribution in [2.75, 3.05) is 13.7 Å². The lowest BCUT2D eigenvalue weighted by Gasteiger charge is -2.27. The van der Waals surface area contributed by atoms with Gasteiger partial charge in [0, 0.05) is 15.6 Å². The third kappa shape index (κ3) is 1.80. The number of phenols is 1. The largest absolute Gasteiger partial charge is 0.504 e. The van der Waals surface area contributed by atoms with Crippen molar-refractivity contribution in [3.8, 4) is 11.5 Å². The van der Waals surface area contributed by atoms with Gasteiger partial charge in [-0.25, -0.2) is 0 Å². The molecule has 0 spiro atoms. The highest BCUT2D eigenvalue weighted by atomic mass is 79.9. The van der Waals surface area contributed by atoms with Gasteiger partial charge in [-0.1, -0.05) is 15.9 Å². The molecule has 1 aromatic carbocycles. The Morgan fingerprint density at radius 1 is 1.50 bits per heavy atom. The van der Waals surface area contributed by atoms with Crippen LogP contribution in [0.2, 0.25) is 0 Å². The smallest absolute Gasteiger partial charge is 0.163 e. The summed E-state index contributed by atoms with van der Waals surface area (Å²) in [7, 11) is 1.57. The van der Waals surface area contributed by atoms with Crippen LogP contribution < -0.4 is 10.1 Å². The van der Waals surface area contributed by atoms with E-state index in [9.17, 15) is 5.11 Å². The first-order chi connectivity index (χ1) is 7.58. The molecule has 1 aliphatic heterocycles. The second kappa shape index (κ2) is 4.26. The number of halogens is 1. The summed E-state index contributed by atoms with van der Waals surface area (Å²) in [6, 6.07) is 3.68. The van der Waals surface area contributed by atoms with Crippen LogP contribution in [-0.4, -0.2) is 18.8 Å². The van der Waals surface area contributed by atoms with E-state index in [0.717, 1.165) is 29.4 Å². The normalized spacial score (nSPS) is 24.7. The molecular formula is C12H16BrNO2. The van der Waals surface area contributed by atoms with Crippen LogP contribution in [0.15, 0.2) is 16.6 Å². The molecule has 1 aromatic rings. The minimum atomic E-state index is -0.169. The number of hydrogen-bond donors (Lipinski definition) is 2. The van der Waals surface area contributed by atoms with Gasteiger partial charge in [-0.3, -0.25) is 0 Å². The van der Waals surface area contributed by atoms with Gasteiger partial charge >= 0.3 is 0 Å². The van der Waals surface area contributed by atoms with E-state index in [-0.39, 0.29) is 11.3 Å². The Balaban J connectivity index is 2.54. The van der Waals surface area contributed by atoms with Crippen LogP contribution in [0.4, 0.5) is 0 Å². The Morgan fingerprint density at radius 2 is 2.25 bits per heavy atom. The van der Waals surface area contributed by atoms with Gasteiger partial charge in [-0.2, -0.15) is 0 Å². The lowest BCUT2D eigenvalue weighted by molar-refractivity contribution is 0.350. The predicted octanol–water partition coefficient (Wildman–Crippen LogP) is 2.76. The second-order valence-electron chi connectivity index (χ2n) is 4.34. The maximum atomic E-state index is 10.2. The van der Waals surface area contributed by atoms with Crippen LogP contribution in [0.3, 0.4) is 0 Å². The number of benzene rings is 1. The van der Waals surface area contributed by atoms with Crippen LogP contribution in [0.1, 0.15) is 25.3 Å². The molecule has 0 bridgehead atoms. The van der Waals surface area contributed by atoms with Gasteiger partial charge in [-0.05, 0) is 38.4 Å². The quantitative estimate of drug-likeness (QED) is 0.878. The number of hydrogen-bond acceptors (Lipinski definition) is 3. The van der Waals surface area contributed by atoms with Crippen LogP contribution >= 0.6 is 15.9 Å². The molecule has 0 aromatic heterocycles. The highest BCUT2D eigenvalue weighted by Gasteiger charge is 2.35. The highest BCUT2D eigenvalue weighted by Crippen LogP contribution is 2.44. The molecule has 1 aliphatic rings. The van der Waals surface area contributed by atoms with E-state index >= 15 is 0 Å². The molecule has 88 valence electrons. The highest BCUT2D eigenvalue weighted by molar-refractivity contribution is 9.10.